The molecule has 0 radical (unpaired) electrons. The number of nitrogens with two attached hydrogens (primary N) is 1. The molecule has 1 aliphatic heterocycles. The number of ether oxygens (including phenoxy) is 1. The Kier molecular flexibility index (Phi) is 4.19. The van der Waals surface area contributed by atoms with Gasteiger partial charge < -0.3 is 15.4 Å². The van der Waals surface area contributed by atoms with Crippen molar-refractivity contribution in [2.75, 3.05) is 26.7 Å². The van der Waals surface area contributed by atoms with E-state index in [0.717, 1.165) is 6.42 Å². The molecule has 1 heterocycles. The van der Waals surface area contributed by atoms with Gasteiger partial charge in [-0.15, -0.1) is 0 Å². The number of methoxy groups -OCH3 is 1. The van der Waals surface area contributed by atoms with Gasteiger partial charge in [-0.3, -0.25) is 14.9 Å². The van der Waals surface area contributed by atoms with Gasteiger partial charge >= 0.3 is 0 Å². The van der Waals surface area contributed by atoms with Gasteiger partial charge in [-0.05, 0) is 24.9 Å². The van der Waals surface area contributed by atoms with E-state index in [1.807, 2.05) is 0 Å². The van der Waals surface area contributed by atoms with Gasteiger partial charge in [-0.2, -0.15) is 0 Å². The molecular weight excluding hydrogens is 262 g/mol. The minimum Gasteiger partial charge on any atom is -0.496 e. The van der Waals surface area contributed by atoms with Crippen LogP contribution in [0.1, 0.15) is 16.8 Å². The monoisotopic (exact) mass is 279 g/mol. The van der Waals surface area contributed by atoms with Crippen molar-refractivity contribution in [1.82, 2.24) is 4.90 Å². The third-order valence-corrected chi connectivity index (χ3v) is 3.53. The lowest BCUT2D eigenvalue weighted by molar-refractivity contribution is -0.384. The summed E-state index contributed by atoms with van der Waals surface area (Å²) in [6.45, 7) is 1.83. The highest BCUT2D eigenvalue weighted by atomic mass is 16.6. The standard InChI is InChI=1S/C13H17N3O4/c1-20-12-6-10(16(18)19)2-3-11(12)13(17)15-5-4-9(7-14)8-15/h2-3,6,9H,4-5,7-8,14H2,1H3. The van der Waals surface area contributed by atoms with Crippen molar-refractivity contribution in [2.24, 2.45) is 11.7 Å². The smallest absolute Gasteiger partial charge is 0.273 e. The number of nitrogens with zero attached hydrogens (tertiary/aromatic N) is 2. The summed E-state index contributed by atoms with van der Waals surface area (Å²) < 4.78 is 5.09. The van der Waals surface area contributed by atoms with Gasteiger partial charge in [0, 0.05) is 19.2 Å². The molecule has 0 saturated carbocycles. The van der Waals surface area contributed by atoms with Gasteiger partial charge in [0.05, 0.1) is 23.7 Å². The first-order valence-electron chi connectivity index (χ1n) is 6.38. The molecule has 1 fully saturated rings. The summed E-state index contributed by atoms with van der Waals surface area (Å²) >= 11 is 0. The molecule has 1 saturated heterocycles. The molecule has 20 heavy (non-hydrogen) atoms. The van der Waals surface area contributed by atoms with Crippen LogP contribution in [-0.2, 0) is 0 Å². The summed E-state index contributed by atoms with van der Waals surface area (Å²) in [5.74, 6) is 0.371. The number of carbonyl (C=O) groups is 1. The van der Waals surface area contributed by atoms with Crippen molar-refractivity contribution in [1.29, 1.82) is 0 Å². The third-order valence-electron chi connectivity index (χ3n) is 3.53. The molecule has 1 amide bonds. The van der Waals surface area contributed by atoms with E-state index in [1.54, 1.807) is 4.90 Å². The number of hydrogen-bond acceptors (Lipinski definition) is 5. The topological polar surface area (TPSA) is 98.7 Å². The fraction of sp³-hybridized carbons (Fsp3) is 0.462. The fourth-order valence-corrected chi connectivity index (χ4v) is 2.35. The van der Waals surface area contributed by atoms with Crippen LogP contribution < -0.4 is 10.5 Å². The van der Waals surface area contributed by atoms with E-state index in [2.05, 4.69) is 0 Å². The number of nitro groups is 1. The van der Waals surface area contributed by atoms with Crippen molar-refractivity contribution < 1.29 is 14.5 Å². The molecule has 1 unspecified atom stereocenters. The van der Waals surface area contributed by atoms with Crippen molar-refractivity contribution in [3.8, 4) is 5.75 Å². The zero-order chi connectivity index (χ0) is 14.7. The van der Waals surface area contributed by atoms with Crippen LogP contribution in [0.25, 0.3) is 0 Å². The number of rotatable bonds is 4. The van der Waals surface area contributed by atoms with E-state index in [-0.39, 0.29) is 17.3 Å². The average Bonchev–Trinajstić information content (AvgIpc) is 2.94. The van der Waals surface area contributed by atoms with E-state index < -0.39 is 4.92 Å². The number of likely N-dealkylation sites (tertiary alicyclic amines) is 1. The summed E-state index contributed by atoms with van der Waals surface area (Å²) in [5, 5.41) is 10.7. The average molecular weight is 279 g/mol. The maximum Gasteiger partial charge on any atom is 0.273 e. The number of carbonyl (C=O) groups excluding carboxylic acids is 1. The molecule has 1 atom stereocenters. The van der Waals surface area contributed by atoms with E-state index in [4.69, 9.17) is 10.5 Å². The highest BCUT2D eigenvalue weighted by Gasteiger charge is 2.28. The maximum atomic E-state index is 12.4. The van der Waals surface area contributed by atoms with E-state index in [0.29, 0.717) is 31.1 Å². The first kappa shape index (κ1) is 14.3. The predicted octanol–water partition coefficient (Wildman–Crippen LogP) is 1.02. The molecule has 1 aliphatic rings. The largest absolute Gasteiger partial charge is 0.496 e. The molecule has 2 rings (SSSR count). The molecule has 0 aliphatic carbocycles. The Balaban J connectivity index is 2.24. The van der Waals surface area contributed by atoms with E-state index in [1.165, 1.54) is 25.3 Å². The van der Waals surface area contributed by atoms with Crippen LogP contribution in [0.2, 0.25) is 0 Å². The molecule has 0 bridgehead atoms. The summed E-state index contributed by atoms with van der Waals surface area (Å²) in [7, 11) is 1.39. The molecule has 0 spiro atoms. The number of non-ortho nitro benzene ring substituents is 1. The maximum absolute atomic E-state index is 12.4. The van der Waals surface area contributed by atoms with Gasteiger partial charge in [0.1, 0.15) is 5.75 Å². The minimum absolute atomic E-state index is 0.0975. The molecular formula is C13H17N3O4. The van der Waals surface area contributed by atoms with Crippen LogP contribution in [0.4, 0.5) is 5.69 Å². The second-order valence-electron chi connectivity index (χ2n) is 4.78. The Morgan fingerprint density at radius 1 is 1.60 bits per heavy atom. The SMILES string of the molecule is COc1cc([N+](=O)[O-])ccc1C(=O)N1CCC(CN)C1. The number of amides is 1. The lowest BCUT2D eigenvalue weighted by Crippen LogP contribution is -2.30. The van der Waals surface area contributed by atoms with Crippen LogP contribution in [-0.4, -0.2) is 42.5 Å². The van der Waals surface area contributed by atoms with Gasteiger partial charge in [0.25, 0.3) is 11.6 Å². The zero-order valence-corrected chi connectivity index (χ0v) is 11.2. The second-order valence-corrected chi connectivity index (χ2v) is 4.78. The highest BCUT2D eigenvalue weighted by Crippen LogP contribution is 2.27. The molecule has 1 aromatic rings. The Hall–Kier alpha value is -2.15. The first-order valence-corrected chi connectivity index (χ1v) is 6.38. The molecule has 1 aromatic carbocycles. The van der Waals surface area contributed by atoms with Crippen LogP contribution in [0.3, 0.4) is 0 Å². The minimum atomic E-state index is -0.517. The van der Waals surface area contributed by atoms with Crippen LogP contribution in [0.15, 0.2) is 18.2 Å². The van der Waals surface area contributed by atoms with Crippen molar-refractivity contribution in [3.63, 3.8) is 0 Å². The van der Waals surface area contributed by atoms with Crippen LogP contribution in [0.5, 0.6) is 5.75 Å². The zero-order valence-electron chi connectivity index (χ0n) is 11.2. The third kappa shape index (κ3) is 2.72. The first-order chi connectivity index (χ1) is 9.56. The summed E-state index contributed by atoms with van der Waals surface area (Å²) in [4.78, 5) is 24.3. The summed E-state index contributed by atoms with van der Waals surface area (Å²) in [6.07, 6.45) is 0.886. The second kappa shape index (κ2) is 5.87. The van der Waals surface area contributed by atoms with Crippen LogP contribution >= 0.6 is 0 Å². The molecule has 7 heteroatoms. The lowest BCUT2D eigenvalue weighted by atomic mass is 10.1. The Labute approximate surface area is 116 Å². The number of hydrogen-bond donors (Lipinski definition) is 1. The van der Waals surface area contributed by atoms with Gasteiger partial charge in [-0.25, -0.2) is 0 Å². The summed E-state index contributed by atoms with van der Waals surface area (Å²) in [6, 6.07) is 4.02. The van der Waals surface area contributed by atoms with Crippen LogP contribution in [0, 0.1) is 16.0 Å². The fourth-order valence-electron chi connectivity index (χ4n) is 2.35. The van der Waals surface area contributed by atoms with Crippen molar-refractivity contribution >= 4 is 11.6 Å². The molecule has 108 valence electrons. The van der Waals surface area contributed by atoms with Gasteiger partial charge in [-0.1, -0.05) is 0 Å². The molecule has 0 aromatic heterocycles. The van der Waals surface area contributed by atoms with Crippen molar-refractivity contribution in [2.45, 2.75) is 6.42 Å². The molecule has 7 nitrogen and oxygen atoms in total. The predicted molar refractivity (Wildman–Crippen MR) is 72.7 cm³/mol. The Morgan fingerprint density at radius 2 is 2.35 bits per heavy atom. The van der Waals surface area contributed by atoms with E-state index >= 15 is 0 Å². The summed E-state index contributed by atoms with van der Waals surface area (Å²) in [5.41, 5.74) is 5.85. The quantitative estimate of drug-likeness (QED) is 0.655. The number of benzene rings is 1. The van der Waals surface area contributed by atoms with E-state index in [9.17, 15) is 14.9 Å². The lowest BCUT2D eigenvalue weighted by Gasteiger charge is -2.17. The van der Waals surface area contributed by atoms with Gasteiger partial charge in [0.15, 0.2) is 0 Å². The molecule has 2 N–H and O–H groups in total. The normalized spacial score (nSPS) is 18.1. The van der Waals surface area contributed by atoms with Crippen molar-refractivity contribution in [3.05, 3.63) is 33.9 Å². The Morgan fingerprint density at radius 3 is 2.90 bits per heavy atom. The highest BCUT2D eigenvalue weighted by molar-refractivity contribution is 5.97. The van der Waals surface area contributed by atoms with Gasteiger partial charge in [0.2, 0.25) is 0 Å². The Bertz CT molecular complexity index is 532. The number of nitro benzene ring substituents is 1.